The van der Waals surface area contributed by atoms with E-state index in [0.717, 1.165) is 22.8 Å². The third-order valence-corrected chi connectivity index (χ3v) is 5.43. The molecule has 5 rings (SSSR count). The van der Waals surface area contributed by atoms with Gasteiger partial charge in [0.2, 0.25) is 0 Å². The minimum Gasteiger partial charge on any atom is -0.486 e. The molecule has 1 unspecified atom stereocenters. The van der Waals surface area contributed by atoms with Crippen LogP contribution in [-0.4, -0.2) is 44.9 Å². The zero-order valence-electron chi connectivity index (χ0n) is 17.8. The Morgan fingerprint density at radius 2 is 1.78 bits per heavy atom. The van der Waals surface area contributed by atoms with Gasteiger partial charge in [-0.15, -0.1) is 5.10 Å². The quantitative estimate of drug-likeness (QED) is 0.484. The molecule has 0 aliphatic carbocycles. The summed E-state index contributed by atoms with van der Waals surface area (Å²) < 4.78 is 13.2. The molecule has 1 aliphatic heterocycles. The van der Waals surface area contributed by atoms with E-state index in [-0.39, 0.29) is 5.92 Å². The van der Waals surface area contributed by atoms with Crippen molar-refractivity contribution in [3.8, 4) is 17.3 Å². The Morgan fingerprint density at radius 1 is 0.938 bits per heavy atom. The first kappa shape index (κ1) is 20.1. The van der Waals surface area contributed by atoms with E-state index in [1.54, 1.807) is 4.68 Å². The van der Waals surface area contributed by atoms with Gasteiger partial charge in [-0.3, -0.25) is 0 Å². The first-order valence-electron chi connectivity index (χ1n) is 10.6. The zero-order chi connectivity index (χ0) is 21.8. The molecule has 2 aromatic heterocycles. The van der Waals surface area contributed by atoms with E-state index in [2.05, 4.69) is 62.2 Å². The highest BCUT2D eigenvalue weighted by molar-refractivity contribution is 5.47. The summed E-state index contributed by atoms with van der Waals surface area (Å²) in [6.45, 7) is 4.32. The van der Waals surface area contributed by atoms with Crippen LogP contribution in [0.4, 0.5) is 0 Å². The van der Waals surface area contributed by atoms with Crippen molar-refractivity contribution in [2.75, 3.05) is 19.8 Å². The van der Waals surface area contributed by atoms with Crippen LogP contribution in [0.3, 0.4) is 0 Å². The third-order valence-electron chi connectivity index (χ3n) is 5.43. The van der Waals surface area contributed by atoms with E-state index in [9.17, 15) is 0 Å². The molecule has 0 spiro atoms. The van der Waals surface area contributed by atoms with Gasteiger partial charge in [-0.25, -0.2) is 4.98 Å². The number of ether oxygens (including phenoxy) is 2. The van der Waals surface area contributed by atoms with Crippen LogP contribution < -0.4 is 14.8 Å². The van der Waals surface area contributed by atoms with E-state index < -0.39 is 0 Å². The maximum Gasteiger partial charge on any atom is 0.172 e. The van der Waals surface area contributed by atoms with E-state index in [0.29, 0.717) is 37.9 Å². The van der Waals surface area contributed by atoms with Crippen molar-refractivity contribution in [2.24, 2.45) is 0 Å². The monoisotopic (exact) mass is 428 g/mol. The van der Waals surface area contributed by atoms with E-state index in [1.807, 2.05) is 37.3 Å². The largest absolute Gasteiger partial charge is 0.486 e. The normalized spacial score (nSPS) is 13.7. The molecule has 0 fully saturated rings. The molecule has 3 heterocycles. The van der Waals surface area contributed by atoms with Crippen LogP contribution in [0, 0.1) is 6.92 Å². The van der Waals surface area contributed by atoms with E-state index in [1.165, 1.54) is 5.56 Å². The Morgan fingerprint density at radius 3 is 2.62 bits per heavy atom. The number of hydrogen-bond acceptors (Lipinski definition) is 7. The van der Waals surface area contributed by atoms with Gasteiger partial charge in [0.05, 0.1) is 6.54 Å². The van der Waals surface area contributed by atoms with Crippen LogP contribution in [0.5, 0.6) is 11.5 Å². The second-order valence-corrected chi connectivity index (χ2v) is 7.64. The highest BCUT2D eigenvalue weighted by Gasteiger charge is 2.19. The van der Waals surface area contributed by atoms with Gasteiger partial charge in [-0.2, -0.15) is 4.68 Å². The molecule has 1 atom stereocenters. The topological polar surface area (TPSA) is 87.0 Å². The minimum atomic E-state index is 0.133. The third kappa shape index (κ3) is 4.31. The molecule has 0 saturated heterocycles. The van der Waals surface area contributed by atoms with Crippen LogP contribution in [0.25, 0.3) is 5.82 Å². The molecule has 162 valence electrons. The number of nitrogens with one attached hydrogen (secondary N) is 1. The number of pyridine rings is 1. The van der Waals surface area contributed by atoms with Gasteiger partial charge < -0.3 is 14.8 Å². The van der Waals surface area contributed by atoms with Crippen molar-refractivity contribution in [2.45, 2.75) is 19.4 Å². The molecule has 0 radical (unpaired) electrons. The lowest BCUT2D eigenvalue weighted by atomic mass is 9.91. The van der Waals surface area contributed by atoms with Gasteiger partial charge >= 0.3 is 0 Å². The SMILES string of the molecule is Cc1cccc(-n2nnnc2CNCC(c2ccccc2)c2ccc3c(c2)OCCO3)n1. The van der Waals surface area contributed by atoms with Crippen molar-refractivity contribution in [3.05, 3.63) is 89.4 Å². The number of benzene rings is 2. The summed E-state index contributed by atoms with van der Waals surface area (Å²) in [4.78, 5) is 4.52. The van der Waals surface area contributed by atoms with Crippen LogP contribution in [0.15, 0.2) is 66.7 Å². The van der Waals surface area contributed by atoms with Crippen molar-refractivity contribution in [1.82, 2.24) is 30.5 Å². The molecule has 0 bridgehead atoms. The van der Waals surface area contributed by atoms with Gasteiger partial charge in [0.25, 0.3) is 0 Å². The lowest BCUT2D eigenvalue weighted by molar-refractivity contribution is 0.171. The predicted octanol–water partition coefficient (Wildman–Crippen LogP) is 3.06. The lowest BCUT2D eigenvalue weighted by Crippen LogP contribution is -2.24. The standard InChI is InChI=1S/C24H24N6O2/c1-17-6-5-9-23(26-17)30-24(27-28-29-30)16-25-15-20(18-7-3-2-4-8-18)19-10-11-21-22(14-19)32-13-12-31-21/h2-11,14,20,25H,12-13,15-16H2,1H3. The molecule has 8 heteroatoms. The van der Waals surface area contributed by atoms with Crippen LogP contribution >= 0.6 is 0 Å². The Bertz CT molecular complexity index is 1190. The molecule has 1 aliphatic rings. The summed E-state index contributed by atoms with van der Waals surface area (Å²) >= 11 is 0. The number of fused-ring (bicyclic) bond motifs is 1. The van der Waals surface area contributed by atoms with Crippen LogP contribution in [-0.2, 0) is 6.54 Å². The Labute approximate surface area is 186 Å². The lowest BCUT2D eigenvalue weighted by Gasteiger charge is -2.23. The predicted molar refractivity (Wildman–Crippen MR) is 119 cm³/mol. The van der Waals surface area contributed by atoms with E-state index in [4.69, 9.17) is 9.47 Å². The second kappa shape index (κ2) is 9.15. The first-order chi connectivity index (χ1) is 15.8. The summed E-state index contributed by atoms with van der Waals surface area (Å²) in [5.74, 6) is 3.14. The Kier molecular flexibility index (Phi) is 5.76. The summed E-state index contributed by atoms with van der Waals surface area (Å²) in [6, 6.07) is 22.4. The maximum atomic E-state index is 5.81. The summed E-state index contributed by atoms with van der Waals surface area (Å²) in [5, 5.41) is 15.7. The zero-order valence-corrected chi connectivity index (χ0v) is 17.8. The van der Waals surface area contributed by atoms with E-state index >= 15 is 0 Å². The Hall–Kier alpha value is -3.78. The number of hydrogen-bond donors (Lipinski definition) is 1. The molecule has 8 nitrogen and oxygen atoms in total. The fourth-order valence-corrected chi connectivity index (χ4v) is 3.86. The van der Waals surface area contributed by atoms with Crippen LogP contribution in [0.1, 0.15) is 28.6 Å². The molecule has 0 amide bonds. The smallest absolute Gasteiger partial charge is 0.172 e. The molecular formula is C24H24N6O2. The van der Waals surface area contributed by atoms with Crippen molar-refractivity contribution in [3.63, 3.8) is 0 Å². The highest BCUT2D eigenvalue weighted by atomic mass is 16.6. The fraction of sp³-hybridized carbons (Fsp3) is 0.250. The van der Waals surface area contributed by atoms with Gasteiger partial charge in [0.1, 0.15) is 13.2 Å². The van der Waals surface area contributed by atoms with Gasteiger partial charge in [0.15, 0.2) is 23.1 Å². The van der Waals surface area contributed by atoms with Crippen molar-refractivity contribution in [1.29, 1.82) is 0 Å². The number of rotatable bonds is 7. The summed E-state index contributed by atoms with van der Waals surface area (Å²) in [7, 11) is 0. The van der Waals surface area contributed by atoms with Gasteiger partial charge in [0, 0.05) is 18.2 Å². The van der Waals surface area contributed by atoms with Gasteiger partial charge in [-0.1, -0.05) is 42.5 Å². The minimum absolute atomic E-state index is 0.133. The summed E-state index contributed by atoms with van der Waals surface area (Å²) in [6.07, 6.45) is 0. The van der Waals surface area contributed by atoms with Gasteiger partial charge in [-0.05, 0) is 52.7 Å². The molecule has 32 heavy (non-hydrogen) atoms. The fourth-order valence-electron chi connectivity index (χ4n) is 3.86. The van der Waals surface area contributed by atoms with Crippen LogP contribution in [0.2, 0.25) is 0 Å². The van der Waals surface area contributed by atoms with Crippen molar-refractivity contribution >= 4 is 0 Å². The first-order valence-corrected chi connectivity index (χ1v) is 10.6. The molecule has 4 aromatic rings. The van der Waals surface area contributed by atoms with Crippen molar-refractivity contribution < 1.29 is 9.47 Å². The number of aromatic nitrogens is 5. The molecule has 2 aromatic carbocycles. The Balaban J connectivity index is 1.36. The average molecular weight is 428 g/mol. The number of aryl methyl sites for hydroxylation is 1. The molecule has 1 N–H and O–H groups in total. The number of nitrogens with zero attached hydrogens (tertiary/aromatic N) is 5. The summed E-state index contributed by atoms with van der Waals surface area (Å²) in [5.41, 5.74) is 3.30. The second-order valence-electron chi connectivity index (χ2n) is 7.64. The molecular weight excluding hydrogens is 404 g/mol. The number of tetrazole rings is 1. The highest BCUT2D eigenvalue weighted by Crippen LogP contribution is 2.35. The molecule has 0 saturated carbocycles. The average Bonchev–Trinajstić information content (AvgIpc) is 3.31. The maximum absolute atomic E-state index is 5.81.